The van der Waals surface area contributed by atoms with Crippen molar-refractivity contribution in [2.45, 2.75) is 38.1 Å². The predicted molar refractivity (Wildman–Crippen MR) is 82.7 cm³/mol. The molecule has 0 aliphatic carbocycles. The standard InChI is InChI=1S/C14H21N3O2S/c1-9-7-10(15)5-6-11(9)20-8-12(18)16-13(19)17-14(2,3)4/h5-7H,8,15H2,1-4H3,(H2,16,17,18,19). The molecule has 0 heterocycles. The van der Waals surface area contributed by atoms with Gasteiger partial charge in [-0.25, -0.2) is 4.79 Å². The number of hydrogen-bond donors (Lipinski definition) is 3. The van der Waals surface area contributed by atoms with Crippen molar-refractivity contribution in [1.82, 2.24) is 10.6 Å². The number of carbonyl (C=O) groups is 2. The highest BCUT2D eigenvalue weighted by atomic mass is 32.2. The molecule has 5 nitrogen and oxygen atoms in total. The van der Waals surface area contributed by atoms with E-state index in [9.17, 15) is 9.59 Å². The van der Waals surface area contributed by atoms with Gasteiger partial charge >= 0.3 is 6.03 Å². The van der Waals surface area contributed by atoms with Crippen molar-refractivity contribution in [1.29, 1.82) is 0 Å². The van der Waals surface area contributed by atoms with Crippen molar-refractivity contribution < 1.29 is 9.59 Å². The Kier molecular flexibility index (Phi) is 5.44. The van der Waals surface area contributed by atoms with Crippen LogP contribution in [0, 0.1) is 6.92 Å². The lowest BCUT2D eigenvalue weighted by atomic mass is 10.1. The van der Waals surface area contributed by atoms with Crippen LogP contribution >= 0.6 is 11.8 Å². The van der Waals surface area contributed by atoms with Gasteiger partial charge in [-0.2, -0.15) is 0 Å². The third-order valence-electron chi connectivity index (χ3n) is 2.30. The fourth-order valence-electron chi connectivity index (χ4n) is 1.51. The molecule has 110 valence electrons. The van der Waals surface area contributed by atoms with Gasteiger partial charge in [-0.3, -0.25) is 10.1 Å². The lowest BCUT2D eigenvalue weighted by Crippen LogP contribution is -2.48. The zero-order valence-corrected chi connectivity index (χ0v) is 13.1. The van der Waals surface area contributed by atoms with Crippen molar-refractivity contribution in [2.24, 2.45) is 0 Å². The van der Waals surface area contributed by atoms with Crippen LogP contribution in [0.15, 0.2) is 23.1 Å². The van der Waals surface area contributed by atoms with Crippen LogP contribution in [0.25, 0.3) is 0 Å². The molecule has 0 unspecified atom stereocenters. The van der Waals surface area contributed by atoms with Crippen LogP contribution in [0.4, 0.5) is 10.5 Å². The highest BCUT2D eigenvalue weighted by Crippen LogP contribution is 2.23. The number of aryl methyl sites for hydroxylation is 1. The minimum Gasteiger partial charge on any atom is -0.399 e. The maximum atomic E-state index is 11.7. The summed E-state index contributed by atoms with van der Waals surface area (Å²) in [6, 6.07) is 5.04. The molecule has 0 fully saturated rings. The van der Waals surface area contributed by atoms with E-state index in [-0.39, 0.29) is 17.2 Å². The van der Waals surface area contributed by atoms with Gasteiger partial charge in [0, 0.05) is 16.1 Å². The molecule has 20 heavy (non-hydrogen) atoms. The highest BCUT2D eigenvalue weighted by Gasteiger charge is 2.15. The summed E-state index contributed by atoms with van der Waals surface area (Å²) in [7, 11) is 0. The van der Waals surface area contributed by atoms with Gasteiger partial charge in [0.25, 0.3) is 0 Å². The molecule has 0 bridgehead atoms. The number of hydrogen-bond acceptors (Lipinski definition) is 4. The normalized spacial score (nSPS) is 11.0. The summed E-state index contributed by atoms with van der Waals surface area (Å²) < 4.78 is 0. The maximum absolute atomic E-state index is 11.7. The van der Waals surface area contributed by atoms with Crippen LogP contribution in [0.2, 0.25) is 0 Å². The topological polar surface area (TPSA) is 84.2 Å². The van der Waals surface area contributed by atoms with E-state index in [1.807, 2.05) is 39.8 Å². The lowest BCUT2D eigenvalue weighted by Gasteiger charge is -2.20. The summed E-state index contributed by atoms with van der Waals surface area (Å²) in [5.74, 6) is -0.143. The molecule has 1 aromatic carbocycles. The molecule has 0 aliphatic heterocycles. The van der Waals surface area contributed by atoms with Crippen molar-refractivity contribution >= 4 is 29.4 Å². The summed E-state index contributed by atoms with van der Waals surface area (Å²) in [5, 5.41) is 4.97. The fourth-order valence-corrected chi connectivity index (χ4v) is 2.32. The first-order valence-corrected chi connectivity index (χ1v) is 7.27. The van der Waals surface area contributed by atoms with Gasteiger partial charge < -0.3 is 11.1 Å². The Hall–Kier alpha value is -1.69. The Morgan fingerprint density at radius 1 is 1.30 bits per heavy atom. The number of anilines is 1. The first-order chi connectivity index (χ1) is 9.17. The van der Waals surface area contributed by atoms with E-state index in [4.69, 9.17) is 5.73 Å². The molecule has 0 saturated carbocycles. The number of nitrogens with two attached hydrogens (primary N) is 1. The minimum atomic E-state index is -0.475. The number of carbonyl (C=O) groups excluding carboxylic acids is 2. The van der Waals surface area contributed by atoms with E-state index in [2.05, 4.69) is 10.6 Å². The number of amides is 3. The molecule has 0 spiro atoms. The average Bonchev–Trinajstić information content (AvgIpc) is 2.24. The van der Waals surface area contributed by atoms with Crippen LogP contribution in [-0.4, -0.2) is 23.2 Å². The molecule has 0 radical (unpaired) electrons. The molecule has 0 aliphatic rings. The predicted octanol–water partition coefficient (Wildman–Crippen LogP) is 2.29. The minimum absolute atomic E-state index is 0.183. The second kappa shape index (κ2) is 6.65. The molecular weight excluding hydrogens is 274 g/mol. The average molecular weight is 295 g/mol. The molecule has 0 saturated heterocycles. The third kappa shape index (κ3) is 5.97. The number of benzene rings is 1. The number of thioether (sulfide) groups is 1. The van der Waals surface area contributed by atoms with Gasteiger partial charge in [0.1, 0.15) is 0 Å². The van der Waals surface area contributed by atoms with E-state index in [1.165, 1.54) is 11.8 Å². The van der Waals surface area contributed by atoms with Gasteiger partial charge in [0.2, 0.25) is 5.91 Å². The smallest absolute Gasteiger partial charge is 0.321 e. The monoisotopic (exact) mass is 295 g/mol. The first-order valence-electron chi connectivity index (χ1n) is 6.28. The summed E-state index contributed by atoms with van der Waals surface area (Å²) in [4.78, 5) is 24.2. The van der Waals surface area contributed by atoms with Gasteiger partial charge in [0.15, 0.2) is 0 Å². The number of nitrogens with one attached hydrogen (secondary N) is 2. The molecule has 3 amide bonds. The van der Waals surface area contributed by atoms with Crippen LogP contribution in [0.1, 0.15) is 26.3 Å². The lowest BCUT2D eigenvalue weighted by molar-refractivity contribution is -0.117. The van der Waals surface area contributed by atoms with E-state index >= 15 is 0 Å². The van der Waals surface area contributed by atoms with Crippen molar-refractivity contribution in [3.8, 4) is 0 Å². The van der Waals surface area contributed by atoms with Crippen molar-refractivity contribution in [2.75, 3.05) is 11.5 Å². The molecular formula is C14H21N3O2S. The van der Waals surface area contributed by atoms with Crippen LogP contribution in [-0.2, 0) is 4.79 Å². The molecule has 0 aromatic heterocycles. The highest BCUT2D eigenvalue weighted by molar-refractivity contribution is 8.00. The Morgan fingerprint density at radius 2 is 1.95 bits per heavy atom. The van der Waals surface area contributed by atoms with Crippen LogP contribution < -0.4 is 16.4 Å². The zero-order chi connectivity index (χ0) is 15.3. The Bertz CT molecular complexity index is 510. The largest absolute Gasteiger partial charge is 0.399 e. The number of urea groups is 1. The molecule has 1 aromatic rings. The second-order valence-electron chi connectivity index (χ2n) is 5.57. The van der Waals surface area contributed by atoms with E-state index in [0.29, 0.717) is 5.69 Å². The second-order valence-corrected chi connectivity index (χ2v) is 6.58. The Morgan fingerprint density at radius 3 is 2.50 bits per heavy atom. The Labute approximate surface area is 123 Å². The van der Waals surface area contributed by atoms with Crippen molar-refractivity contribution in [3.63, 3.8) is 0 Å². The zero-order valence-electron chi connectivity index (χ0n) is 12.2. The van der Waals surface area contributed by atoms with E-state index in [0.717, 1.165) is 10.5 Å². The van der Waals surface area contributed by atoms with E-state index < -0.39 is 6.03 Å². The summed E-state index contributed by atoms with van der Waals surface area (Å²) >= 11 is 1.38. The molecule has 0 atom stereocenters. The first kappa shape index (κ1) is 16.4. The van der Waals surface area contributed by atoms with Gasteiger partial charge in [0.05, 0.1) is 5.75 Å². The van der Waals surface area contributed by atoms with Gasteiger partial charge in [-0.15, -0.1) is 11.8 Å². The maximum Gasteiger partial charge on any atom is 0.321 e. The fraction of sp³-hybridized carbons (Fsp3) is 0.429. The van der Waals surface area contributed by atoms with Crippen molar-refractivity contribution in [3.05, 3.63) is 23.8 Å². The van der Waals surface area contributed by atoms with Gasteiger partial charge in [-0.05, 0) is 51.5 Å². The van der Waals surface area contributed by atoms with Gasteiger partial charge in [-0.1, -0.05) is 0 Å². The summed E-state index contributed by atoms with van der Waals surface area (Å²) in [6.45, 7) is 7.49. The summed E-state index contributed by atoms with van der Waals surface area (Å²) in [6.07, 6.45) is 0. The van der Waals surface area contributed by atoms with Crippen LogP contribution in [0.5, 0.6) is 0 Å². The summed E-state index contributed by atoms with van der Waals surface area (Å²) in [5.41, 5.74) is 7.01. The van der Waals surface area contributed by atoms with E-state index in [1.54, 1.807) is 6.07 Å². The third-order valence-corrected chi connectivity index (χ3v) is 3.47. The molecule has 6 heteroatoms. The number of rotatable bonds is 3. The van der Waals surface area contributed by atoms with Crippen LogP contribution in [0.3, 0.4) is 0 Å². The SMILES string of the molecule is Cc1cc(N)ccc1SCC(=O)NC(=O)NC(C)(C)C. The quantitative estimate of drug-likeness (QED) is 0.590. The molecule has 4 N–H and O–H groups in total. The number of imide groups is 1. The number of nitrogen functional groups attached to an aromatic ring is 1. The Balaban J connectivity index is 2.46. The molecule has 1 rings (SSSR count).